The maximum Gasteiger partial charge on any atom is 0.133 e. The molecule has 1 atom stereocenters. The van der Waals surface area contributed by atoms with Gasteiger partial charge in [0.25, 0.3) is 0 Å². The Morgan fingerprint density at radius 3 is 2.53 bits per heavy atom. The quantitative estimate of drug-likeness (QED) is 0.895. The second kappa shape index (κ2) is 5.95. The summed E-state index contributed by atoms with van der Waals surface area (Å²) in [4.78, 5) is 0. The molecule has 2 aromatic carbocycles. The van der Waals surface area contributed by atoms with Crippen LogP contribution >= 0.6 is 27.5 Å². The Labute approximate surface area is 126 Å². The van der Waals surface area contributed by atoms with Crippen molar-refractivity contribution in [3.05, 3.63) is 62.6 Å². The molecule has 19 heavy (non-hydrogen) atoms. The standard InChI is InChI=1S/C15H15BrClNO/c1-9-7-11(17)4-5-12(9)15(18)10-3-6-14(19-2)13(16)8-10/h3-8,15H,18H2,1-2H3. The van der Waals surface area contributed by atoms with Crippen LogP contribution < -0.4 is 10.5 Å². The van der Waals surface area contributed by atoms with E-state index in [1.807, 2.05) is 43.3 Å². The summed E-state index contributed by atoms with van der Waals surface area (Å²) in [6.07, 6.45) is 0. The van der Waals surface area contributed by atoms with Gasteiger partial charge in [-0.1, -0.05) is 23.7 Å². The van der Waals surface area contributed by atoms with Gasteiger partial charge < -0.3 is 10.5 Å². The third-order valence-corrected chi connectivity index (χ3v) is 3.96. The molecule has 2 nitrogen and oxygen atoms in total. The van der Waals surface area contributed by atoms with Crippen LogP contribution in [0.25, 0.3) is 0 Å². The van der Waals surface area contributed by atoms with E-state index in [0.29, 0.717) is 0 Å². The Balaban J connectivity index is 2.38. The molecular weight excluding hydrogens is 326 g/mol. The maximum atomic E-state index is 6.32. The van der Waals surface area contributed by atoms with Gasteiger partial charge in [0.15, 0.2) is 0 Å². The van der Waals surface area contributed by atoms with Crippen molar-refractivity contribution in [1.29, 1.82) is 0 Å². The minimum atomic E-state index is -0.181. The predicted octanol–water partition coefficient (Wildman–Crippen LogP) is 4.47. The molecule has 2 N–H and O–H groups in total. The summed E-state index contributed by atoms with van der Waals surface area (Å²) in [5.41, 5.74) is 9.51. The van der Waals surface area contributed by atoms with Crippen molar-refractivity contribution in [3.8, 4) is 5.75 Å². The lowest BCUT2D eigenvalue weighted by molar-refractivity contribution is 0.412. The Bertz CT molecular complexity index is 601. The highest BCUT2D eigenvalue weighted by atomic mass is 79.9. The molecule has 0 fully saturated rings. The van der Waals surface area contributed by atoms with Gasteiger partial charge in [-0.3, -0.25) is 0 Å². The van der Waals surface area contributed by atoms with Crippen molar-refractivity contribution in [2.45, 2.75) is 13.0 Å². The minimum absolute atomic E-state index is 0.181. The summed E-state index contributed by atoms with van der Waals surface area (Å²) in [6.45, 7) is 2.01. The number of nitrogens with two attached hydrogens (primary N) is 1. The monoisotopic (exact) mass is 339 g/mol. The van der Waals surface area contributed by atoms with E-state index >= 15 is 0 Å². The van der Waals surface area contributed by atoms with Gasteiger partial charge in [-0.05, 0) is 63.8 Å². The molecule has 0 spiro atoms. The van der Waals surface area contributed by atoms with E-state index in [1.54, 1.807) is 7.11 Å². The molecule has 0 heterocycles. The van der Waals surface area contributed by atoms with Gasteiger partial charge in [0.05, 0.1) is 17.6 Å². The summed E-state index contributed by atoms with van der Waals surface area (Å²) < 4.78 is 6.12. The minimum Gasteiger partial charge on any atom is -0.496 e. The highest BCUT2D eigenvalue weighted by Crippen LogP contribution is 2.31. The number of hydrogen-bond donors (Lipinski definition) is 1. The van der Waals surface area contributed by atoms with Crippen LogP contribution in [0.2, 0.25) is 5.02 Å². The van der Waals surface area contributed by atoms with Crippen LogP contribution in [0.4, 0.5) is 0 Å². The van der Waals surface area contributed by atoms with Gasteiger partial charge in [-0.25, -0.2) is 0 Å². The van der Waals surface area contributed by atoms with E-state index in [2.05, 4.69) is 15.9 Å². The van der Waals surface area contributed by atoms with Gasteiger partial charge in [0.1, 0.15) is 5.75 Å². The van der Waals surface area contributed by atoms with E-state index < -0.39 is 0 Å². The molecule has 1 unspecified atom stereocenters. The zero-order valence-corrected chi connectivity index (χ0v) is 13.1. The summed E-state index contributed by atoms with van der Waals surface area (Å²) in [6, 6.07) is 11.4. The van der Waals surface area contributed by atoms with E-state index in [0.717, 1.165) is 31.9 Å². The van der Waals surface area contributed by atoms with Crippen molar-refractivity contribution in [2.75, 3.05) is 7.11 Å². The Morgan fingerprint density at radius 2 is 1.95 bits per heavy atom. The summed E-state index contributed by atoms with van der Waals surface area (Å²) in [5.74, 6) is 0.795. The van der Waals surface area contributed by atoms with Crippen molar-refractivity contribution < 1.29 is 4.74 Å². The first-order valence-electron chi connectivity index (χ1n) is 5.88. The van der Waals surface area contributed by atoms with Gasteiger partial charge in [-0.2, -0.15) is 0 Å². The van der Waals surface area contributed by atoms with Crippen LogP contribution in [0.1, 0.15) is 22.7 Å². The zero-order valence-electron chi connectivity index (χ0n) is 10.8. The summed E-state index contributed by atoms with van der Waals surface area (Å²) in [7, 11) is 1.64. The second-order valence-electron chi connectivity index (χ2n) is 4.37. The molecule has 100 valence electrons. The van der Waals surface area contributed by atoms with Crippen molar-refractivity contribution in [2.24, 2.45) is 5.73 Å². The molecule has 2 aromatic rings. The van der Waals surface area contributed by atoms with Crippen LogP contribution in [0.5, 0.6) is 5.75 Å². The normalized spacial score (nSPS) is 12.3. The van der Waals surface area contributed by atoms with Crippen LogP contribution in [0.3, 0.4) is 0 Å². The smallest absolute Gasteiger partial charge is 0.133 e. The molecule has 0 amide bonds. The Morgan fingerprint density at radius 1 is 1.21 bits per heavy atom. The average Bonchev–Trinajstić information content (AvgIpc) is 2.38. The van der Waals surface area contributed by atoms with Gasteiger partial charge in [0.2, 0.25) is 0 Å². The third kappa shape index (κ3) is 3.11. The zero-order chi connectivity index (χ0) is 14.0. The van der Waals surface area contributed by atoms with Crippen LogP contribution in [-0.4, -0.2) is 7.11 Å². The predicted molar refractivity (Wildman–Crippen MR) is 82.9 cm³/mol. The molecule has 0 bridgehead atoms. The van der Waals surface area contributed by atoms with Crippen LogP contribution in [0.15, 0.2) is 40.9 Å². The molecule has 0 aliphatic heterocycles. The first-order chi connectivity index (χ1) is 9.02. The molecule has 0 aliphatic carbocycles. The fourth-order valence-corrected chi connectivity index (χ4v) is 2.83. The SMILES string of the molecule is COc1ccc(C(N)c2ccc(Cl)cc2C)cc1Br. The van der Waals surface area contributed by atoms with E-state index in [9.17, 15) is 0 Å². The first kappa shape index (κ1) is 14.4. The highest BCUT2D eigenvalue weighted by molar-refractivity contribution is 9.10. The number of aryl methyl sites for hydroxylation is 1. The average molecular weight is 341 g/mol. The lowest BCUT2D eigenvalue weighted by atomic mass is 9.96. The summed E-state index contributed by atoms with van der Waals surface area (Å²) in [5, 5.41) is 0.726. The van der Waals surface area contributed by atoms with Crippen molar-refractivity contribution >= 4 is 27.5 Å². The highest BCUT2D eigenvalue weighted by Gasteiger charge is 2.13. The number of rotatable bonds is 3. The van der Waals surface area contributed by atoms with Gasteiger partial charge in [-0.15, -0.1) is 0 Å². The Kier molecular flexibility index (Phi) is 4.50. The second-order valence-corrected chi connectivity index (χ2v) is 5.66. The van der Waals surface area contributed by atoms with Crippen LogP contribution in [-0.2, 0) is 0 Å². The first-order valence-corrected chi connectivity index (χ1v) is 7.05. The van der Waals surface area contributed by atoms with Gasteiger partial charge >= 0.3 is 0 Å². The largest absolute Gasteiger partial charge is 0.496 e. The lowest BCUT2D eigenvalue weighted by Crippen LogP contribution is -2.13. The number of methoxy groups -OCH3 is 1. The van der Waals surface area contributed by atoms with Crippen molar-refractivity contribution in [3.63, 3.8) is 0 Å². The lowest BCUT2D eigenvalue weighted by Gasteiger charge is -2.16. The molecule has 4 heteroatoms. The molecule has 0 aliphatic rings. The topological polar surface area (TPSA) is 35.2 Å². The molecule has 2 rings (SSSR count). The molecule has 0 saturated heterocycles. The number of ether oxygens (including phenoxy) is 1. The molecular formula is C15H15BrClNO. The molecule has 0 aromatic heterocycles. The summed E-state index contributed by atoms with van der Waals surface area (Å²) >= 11 is 9.44. The van der Waals surface area contributed by atoms with Crippen molar-refractivity contribution in [1.82, 2.24) is 0 Å². The fraction of sp³-hybridized carbons (Fsp3) is 0.200. The Hall–Kier alpha value is -1.03. The number of halogens is 2. The maximum absolute atomic E-state index is 6.32. The van der Waals surface area contributed by atoms with E-state index in [4.69, 9.17) is 22.1 Å². The number of hydrogen-bond acceptors (Lipinski definition) is 2. The molecule has 0 radical (unpaired) electrons. The van der Waals surface area contributed by atoms with E-state index in [1.165, 1.54) is 0 Å². The van der Waals surface area contributed by atoms with Gasteiger partial charge in [0, 0.05) is 5.02 Å². The van der Waals surface area contributed by atoms with Crippen LogP contribution in [0, 0.1) is 6.92 Å². The third-order valence-electron chi connectivity index (χ3n) is 3.10. The number of benzene rings is 2. The molecule has 0 saturated carbocycles. The fourth-order valence-electron chi connectivity index (χ4n) is 2.04. The van der Waals surface area contributed by atoms with E-state index in [-0.39, 0.29) is 6.04 Å².